The lowest BCUT2D eigenvalue weighted by Gasteiger charge is -2.58. The smallest absolute Gasteiger partial charge is 0.0759 e. The number of nitrogens with zero attached hydrogens (tertiary/aromatic N) is 1. The number of hydrogen-bond acceptors (Lipinski definition) is 2. The van der Waals surface area contributed by atoms with Gasteiger partial charge in [0.25, 0.3) is 0 Å². The lowest BCUT2D eigenvalue weighted by atomic mass is 9.47. The van der Waals surface area contributed by atoms with E-state index in [1.165, 1.54) is 32.1 Å². The van der Waals surface area contributed by atoms with E-state index in [-0.39, 0.29) is 5.41 Å². The van der Waals surface area contributed by atoms with Gasteiger partial charge < -0.3 is 5.11 Å². The molecular formula is C25H33NO. The van der Waals surface area contributed by atoms with Gasteiger partial charge in [0, 0.05) is 18.3 Å². The van der Waals surface area contributed by atoms with Crippen LogP contribution in [0.1, 0.15) is 64.5 Å². The molecule has 5 rings (SSSR count). The molecular weight excluding hydrogens is 330 g/mol. The van der Waals surface area contributed by atoms with Gasteiger partial charge in [-0.2, -0.15) is 0 Å². The molecule has 2 heteroatoms. The summed E-state index contributed by atoms with van der Waals surface area (Å²) in [7, 11) is 0. The minimum atomic E-state index is -0.603. The summed E-state index contributed by atoms with van der Waals surface area (Å²) in [5.41, 5.74) is 2.42. The molecule has 1 aromatic heterocycles. The van der Waals surface area contributed by atoms with Crippen LogP contribution < -0.4 is 0 Å². The Balaban J connectivity index is 1.46. The fraction of sp³-hybridized carbons (Fsp3) is 0.640. The highest BCUT2D eigenvalue weighted by Gasteiger charge is 2.63. The van der Waals surface area contributed by atoms with E-state index in [0.29, 0.717) is 17.8 Å². The summed E-state index contributed by atoms with van der Waals surface area (Å²) < 4.78 is 0. The fourth-order valence-corrected chi connectivity index (χ4v) is 7.50. The second-order valence-corrected chi connectivity index (χ2v) is 10.2. The van der Waals surface area contributed by atoms with Gasteiger partial charge in [0.2, 0.25) is 0 Å². The van der Waals surface area contributed by atoms with Crippen LogP contribution in [-0.4, -0.2) is 15.7 Å². The Kier molecular flexibility index (Phi) is 3.95. The first-order valence-corrected chi connectivity index (χ1v) is 11.0. The van der Waals surface area contributed by atoms with Gasteiger partial charge in [0.1, 0.15) is 0 Å². The molecule has 0 spiro atoms. The zero-order chi connectivity index (χ0) is 18.7. The van der Waals surface area contributed by atoms with Crippen molar-refractivity contribution >= 4 is 0 Å². The van der Waals surface area contributed by atoms with E-state index in [2.05, 4.69) is 43.1 Å². The first-order valence-electron chi connectivity index (χ1n) is 11.0. The van der Waals surface area contributed by atoms with Crippen molar-refractivity contribution in [3.05, 3.63) is 53.9 Å². The van der Waals surface area contributed by atoms with Crippen molar-refractivity contribution < 1.29 is 5.11 Å². The quantitative estimate of drug-likeness (QED) is 0.754. The zero-order valence-electron chi connectivity index (χ0n) is 16.8. The molecule has 0 unspecified atom stereocenters. The highest BCUT2D eigenvalue weighted by atomic mass is 16.3. The molecule has 1 N–H and O–H groups in total. The Morgan fingerprint density at radius 1 is 1.11 bits per heavy atom. The maximum absolute atomic E-state index is 11.8. The van der Waals surface area contributed by atoms with Crippen LogP contribution in [0.5, 0.6) is 0 Å². The molecule has 2 saturated carbocycles. The molecule has 2 fully saturated rings. The van der Waals surface area contributed by atoms with E-state index in [1.807, 2.05) is 18.3 Å². The van der Waals surface area contributed by atoms with Crippen molar-refractivity contribution in [3.63, 3.8) is 0 Å². The predicted octanol–water partition coefficient (Wildman–Crippen LogP) is 5.48. The molecule has 6 atom stereocenters. The Labute approximate surface area is 163 Å². The fourth-order valence-electron chi connectivity index (χ4n) is 7.50. The number of pyridine rings is 1. The van der Waals surface area contributed by atoms with Gasteiger partial charge in [-0.25, -0.2) is 0 Å². The predicted molar refractivity (Wildman–Crippen MR) is 109 cm³/mol. The Morgan fingerprint density at radius 2 is 1.96 bits per heavy atom. The summed E-state index contributed by atoms with van der Waals surface area (Å²) in [5.74, 6) is 2.17. The van der Waals surface area contributed by atoms with Gasteiger partial charge in [-0.1, -0.05) is 38.1 Å². The maximum Gasteiger partial charge on any atom is 0.0759 e. The first kappa shape index (κ1) is 17.7. The van der Waals surface area contributed by atoms with Crippen LogP contribution in [-0.2, 0) is 6.42 Å². The molecule has 0 saturated heterocycles. The largest absolute Gasteiger partial charge is 0.389 e. The van der Waals surface area contributed by atoms with Crippen molar-refractivity contribution in [1.82, 2.24) is 4.98 Å². The maximum atomic E-state index is 11.8. The van der Waals surface area contributed by atoms with E-state index in [0.717, 1.165) is 30.4 Å². The molecule has 4 aliphatic rings. The van der Waals surface area contributed by atoms with Crippen LogP contribution in [0.15, 0.2) is 48.2 Å². The number of aliphatic hydroxyl groups is 1. The topological polar surface area (TPSA) is 33.1 Å². The van der Waals surface area contributed by atoms with Gasteiger partial charge in [0.05, 0.1) is 5.60 Å². The average molecular weight is 364 g/mol. The Morgan fingerprint density at radius 3 is 2.78 bits per heavy atom. The first-order chi connectivity index (χ1) is 13.0. The summed E-state index contributed by atoms with van der Waals surface area (Å²) in [5, 5.41) is 11.8. The van der Waals surface area contributed by atoms with Crippen molar-refractivity contribution in [3.8, 4) is 0 Å². The Bertz CT molecular complexity index is 783. The van der Waals surface area contributed by atoms with E-state index in [1.54, 1.807) is 5.57 Å². The van der Waals surface area contributed by atoms with Crippen molar-refractivity contribution in [2.45, 2.75) is 70.8 Å². The highest BCUT2D eigenvalue weighted by molar-refractivity contribution is 5.34. The van der Waals surface area contributed by atoms with E-state index >= 15 is 0 Å². The molecule has 0 bridgehead atoms. The number of hydrogen-bond donors (Lipinski definition) is 1. The summed E-state index contributed by atoms with van der Waals surface area (Å²) >= 11 is 0. The lowest BCUT2D eigenvalue weighted by Crippen LogP contribution is -2.54. The van der Waals surface area contributed by atoms with Crippen LogP contribution in [0.3, 0.4) is 0 Å². The van der Waals surface area contributed by atoms with Crippen LogP contribution in [0, 0.1) is 28.6 Å². The lowest BCUT2D eigenvalue weighted by molar-refractivity contribution is -0.121. The number of allylic oxidation sites excluding steroid dienone is 4. The van der Waals surface area contributed by atoms with Crippen LogP contribution in [0.4, 0.5) is 0 Å². The monoisotopic (exact) mass is 363 g/mol. The molecule has 27 heavy (non-hydrogen) atoms. The standard InChI is InChI=1S/C25H33NO/c1-23-13-5-3-7-18(23)9-10-20-21(23)11-14-24(2)22(20)12-15-25(24,27)17-19-8-4-6-16-26-19/h3-4,6-9,16,20-22,27H,5,10-15,17H2,1-2H3/t20-,21+,22+,23+,24+,25-/m1/s1. The normalized spacial score (nSPS) is 45.6. The number of aromatic nitrogens is 1. The van der Waals surface area contributed by atoms with Crippen molar-refractivity contribution in [1.29, 1.82) is 0 Å². The summed E-state index contributed by atoms with van der Waals surface area (Å²) in [6, 6.07) is 6.08. The van der Waals surface area contributed by atoms with Gasteiger partial charge in [-0.05, 0) is 91.2 Å². The summed E-state index contributed by atoms with van der Waals surface area (Å²) in [6.45, 7) is 4.92. The third-order valence-corrected chi connectivity index (χ3v) is 9.17. The Hall–Kier alpha value is -1.41. The molecule has 2 nitrogen and oxygen atoms in total. The van der Waals surface area contributed by atoms with Gasteiger partial charge >= 0.3 is 0 Å². The minimum Gasteiger partial charge on any atom is -0.389 e. The van der Waals surface area contributed by atoms with Gasteiger partial charge in [-0.3, -0.25) is 4.98 Å². The number of fused-ring (bicyclic) bond motifs is 5. The molecule has 1 aromatic rings. The molecule has 144 valence electrons. The number of rotatable bonds is 2. The highest BCUT2D eigenvalue weighted by Crippen LogP contribution is 2.67. The molecule has 0 amide bonds. The van der Waals surface area contributed by atoms with E-state index in [9.17, 15) is 5.11 Å². The molecule has 0 aliphatic heterocycles. The SMILES string of the molecule is C[C@]12CCC=CC1=CC[C@@H]1[C@@H]2CC[C@@]2(C)[C@H]1CC[C@@]2(O)Cc1ccccn1. The van der Waals surface area contributed by atoms with E-state index in [4.69, 9.17) is 0 Å². The molecule has 1 heterocycles. The average Bonchev–Trinajstić information content (AvgIpc) is 2.93. The molecule has 0 radical (unpaired) electrons. The molecule has 0 aromatic carbocycles. The minimum absolute atomic E-state index is 0.0257. The van der Waals surface area contributed by atoms with Crippen molar-refractivity contribution in [2.24, 2.45) is 28.6 Å². The third kappa shape index (κ3) is 2.45. The van der Waals surface area contributed by atoms with Crippen molar-refractivity contribution in [2.75, 3.05) is 0 Å². The summed E-state index contributed by atoms with van der Waals surface area (Å²) in [6.07, 6.45) is 18.1. The summed E-state index contributed by atoms with van der Waals surface area (Å²) in [4.78, 5) is 4.53. The van der Waals surface area contributed by atoms with Gasteiger partial charge in [0.15, 0.2) is 0 Å². The van der Waals surface area contributed by atoms with Gasteiger partial charge in [-0.15, -0.1) is 0 Å². The third-order valence-electron chi connectivity index (χ3n) is 9.17. The second-order valence-electron chi connectivity index (χ2n) is 10.2. The van der Waals surface area contributed by atoms with Crippen LogP contribution in [0.25, 0.3) is 0 Å². The zero-order valence-corrected chi connectivity index (χ0v) is 16.8. The second kappa shape index (κ2) is 6.04. The van der Waals surface area contributed by atoms with Crippen LogP contribution >= 0.6 is 0 Å². The van der Waals surface area contributed by atoms with E-state index < -0.39 is 5.60 Å². The van der Waals surface area contributed by atoms with Crippen LogP contribution in [0.2, 0.25) is 0 Å². The molecule has 4 aliphatic carbocycles.